The number of hydrogen-bond acceptors (Lipinski definition) is 3. The molecule has 1 amide bonds. The molecule has 0 bridgehead atoms. The van der Waals surface area contributed by atoms with Crippen molar-refractivity contribution in [2.75, 3.05) is 6.61 Å². The Kier molecular flexibility index (Phi) is 5.45. The molecule has 3 N–H and O–H groups in total. The SMILES string of the molecule is CC(C)C(CO)NC(=O)c1cn[nH]c1-c1ccc(Cl)cc1Cl. The standard InChI is InChI=1S/C15H17Cl2N3O2/c1-8(2)13(7-21)19-15(22)11-6-18-20-14(11)10-4-3-9(16)5-12(10)17/h3-6,8,13,21H,7H2,1-2H3,(H,18,20)(H,19,22). The Morgan fingerprint density at radius 3 is 2.73 bits per heavy atom. The van der Waals surface area contributed by atoms with E-state index in [-0.39, 0.29) is 24.5 Å². The van der Waals surface area contributed by atoms with Crippen LogP contribution in [0.5, 0.6) is 0 Å². The van der Waals surface area contributed by atoms with Gasteiger partial charge in [-0.3, -0.25) is 9.89 Å². The van der Waals surface area contributed by atoms with Crippen molar-refractivity contribution in [2.24, 2.45) is 5.92 Å². The number of carbonyl (C=O) groups excluding carboxylic acids is 1. The van der Waals surface area contributed by atoms with Crippen LogP contribution in [-0.2, 0) is 0 Å². The lowest BCUT2D eigenvalue weighted by molar-refractivity contribution is 0.0897. The summed E-state index contributed by atoms with van der Waals surface area (Å²) in [4.78, 5) is 12.4. The third-order valence-electron chi connectivity index (χ3n) is 3.40. The van der Waals surface area contributed by atoms with Gasteiger partial charge in [0.2, 0.25) is 0 Å². The van der Waals surface area contributed by atoms with Gasteiger partial charge in [-0.25, -0.2) is 0 Å². The number of H-pyrrole nitrogens is 1. The van der Waals surface area contributed by atoms with Crippen molar-refractivity contribution in [2.45, 2.75) is 19.9 Å². The Morgan fingerprint density at radius 2 is 2.14 bits per heavy atom. The number of nitrogens with one attached hydrogen (secondary N) is 2. The van der Waals surface area contributed by atoms with E-state index in [1.165, 1.54) is 6.20 Å². The summed E-state index contributed by atoms with van der Waals surface area (Å²) in [7, 11) is 0. The first kappa shape index (κ1) is 16.8. The second kappa shape index (κ2) is 7.13. The van der Waals surface area contributed by atoms with E-state index in [0.717, 1.165) is 0 Å². The lowest BCUT2D eigenvalue weighted by Crippen LogP contribution is -2.41. The number of aliphatic hydroxyl groups excluding tert-OH is 1. The molecule has 7 heteroatoms. The van der Waals surface area contributed by atoms with E-state index in [2.05, 4.69) is 15.5 Å². The van der Waals surface area contributed by atoms with Gasteiger partial charge >= 0.3 is 0 Å². The second-order valence-corrected chi connectivity index (χ2v) is 6.13. The van der Waals surface area contributed by atoms with E-state index < -0.39 is 0 Å². The first-order valence-corrected chi connectivity index (χ1v) is 7.60. The van der Waals surface area contributed by atoms with Gasteiger partial charge in [0, 0.05) is 10.6 Å². The van der Waals surface area contributed by atoms with Crippen LogP contribution in [-0.4, -0.2) is 33.9 Å². The number of hydrogen-bond donors (Lipinski definition) is 3. The van der Waals surface area contributed by atoms with Gasteiger partial charge in [-0.2, -0.15) is 5.10 Å². The molecule has 2 rings (SSSR count). The highest BCUT2D eigenvalue weighted by Gasteiger charge is 2.21. The first-order chi connectivity index (χ1) is 10.4. The van der Waals surface area contributed by atoms with Gasteiger partial charge < -0.3 is 10.4 Å². The summed E-state index contributed by atoms with van der Waals surface area (Å²) in [5.41, 5.74) is 1.52. The molecule has 2 aromatic rings. The van der Waals surface area contributed by atoms with Crippen molar-refractivity contribution in [3.8, 4) is 11.3 Å². The van der Waals surface area contributed by atoms with Gasteiger partial charge in [0.05, 0.1) is 35.1 Å². The fraction of sp³-hybridized carbons (Fsp3) is 0.333. The molecule has 0 aliphatic rings. The smallest absolute Gasteiger partial charge is 0.255 e. The van der Waals surface area contributed by atoms with Crippen LogP contribution in [0.25, 0.3) is 11.3 Å². The van der Waals surface area contributed by atoms with Crippen LogP contribution in [0.2, 0.25) is 10.0 Å². The average Bonchev–Trinajstić information content (AvgIpc) is 2.93. The van der Waals surface area contributed by atoms with Gasteiger partial charge in [0.15, 0.2) is 0 Å². The molecule has 0 saturated carbocycles. The highest BCUT2D eigenvalue weighted by molar-refractivity contribution is 6.36. The summed E-state index contributed by atoms with van der Waals surface area (Å²) in [5, 5.41) is 19.8. The summed E-state index contributed by atoms with van der Waals surface area (Å²) < 4.78 is 0. The van der Waals surface area contributed by atoms with Gasteiger partial charge in [0.25, 0.3) is 5.91 Å². The fourth-order valence-corrected chi connectivity index (χ4v) is 2.53. The van der Waals surface area contributed by atoms with Crippen molar-refractivity contribution in [1.82, 2.24) is 15.5 Å². The van der Waals surface area contributed by atoms with E-state index in [1.54, 1.807) is 18.2 Å². The van der Waals surface area contributed by atoms with Crippen molar-refractivity contribution in [1.29, 1.82) is 0 Å². The maximum atomic E-state index is 12.4. The maximum absolute atomic E-state index is 12.4. The monoisotopic (exact) mass is 341 g/mol. The topological polar surface area (TPSA) is 78.0 Å². The first-order valence-electron chi connectivity index (χ1n) is 6.84. The summed E-state index contributed by atoms with van der Waals surface area (Å²) in [6.07, 6.45) is 1.43. The zero-order chi connectivity index (χ0) is 16.3. The van der Waals surface area contributed by atoms with Gasteiger partial charge in [-0.1, -0.05) is 37.0 Å². The highest BCUT2D eigenvalue weighted by atomic mass is 35.5. The molecule has 118 valence electrons. The molecular formula is C15H17Cl2N3O2. The number of rotatable bonds is 5. The van der Waals surface area contributed by atoms with E-state index in [4.69, 9.17) is 23.2 Å². The summed E-state index contributed by atoms with van der Waals surface area (Å²) in [6, 6.07) is 4.69. The zero-order valence-corrected chi connectivity index (χ0v) is 13.7. The van der Waals surface area contributed by atoms with E-state index >= 15 is 0 Å². The van der Waals surface area contributed by atoms with Crippen molar-refractivity contribution < 1.29 is 9.90 Å². The molecule has 1 atom stereocenters. The number of halogens is 2. The van der Waals surface area contributed by atoms with Gasteiger partial charge in [-0.15, -0.1) is 0 Å². The summed E-state index contributed by atoms with van der Waals surface area (Å²) in [5.74, 6) is -0.203. The van der Waals surface area contributed by atoms with E-state index in [1.807, 2.05) is 13.8 Å². The number of carbonyl (C=O) groups is 1. The van der Waals surface area contributed by atoms with Crippen LogP contribution in [0.3, 0.4) is 0 Å². The fourth-order valence-electron chi connectivity index (χ4n) is 2.03. The zero-order valence-electron chi connectivity index (χ0n) is 12.2. The van der Waals surface area contributed by atoms with Gasteiger partial charge in [-0.05, 0) is 24.1 Å². The predicted molar refractivity (Wildman–Crippen MR) is 87.2 cm³/mol. The minimum absolute atomic E-state index is 0.114. The van der Waals surface area contributed by atoms with Crippen molar-refractivity contribution in [3.63, 3.8) is 0 Å². The molecule has 0 fully saturated rings. The third-order valence-corrected chi connectivity index (χ3v) is 3.95. The van der Waals surface area contributed by atoms with Crippen LogP contribution in [0.15, 0.2) is 24.4 Å². The molecule has 1 unspecified atom stereocenters. The Balaban J connectivity index is 2.31. The number of aliphatic hydroxyl groups is 1. The number of nitrogens with zero attached hydrogens (tertiary/aromatic N) is 1. The van der Waals surface area contributed by atoms with Crippen LogP contribution in [0.4, 0.5) is 0 Å². The number of aromatic amines is 1. The molecule has 1 aromatic carbocycles. The number of aromatic nitrogens is 2. The van der Waals surface area contributed by atoms with Crippen LogP contribution < -0.4 is 5.32 Å². The molecule has 5 nitrogen and oxygen atoms in total. The molecule has 0 radical (unpaired) electrons. The van der Waals surface area contributed by atoms with Gasteiger partial charge in [0.1, 0.15) is 0 Å². The lowest BCUT2D eigenvalue weighted by atomic mass is 10.0. The largest absolute Gasteiger partial charge is 0.394 e. The molecular weight excluding hydrogens is 325 g/mol. The highest BCUT2D eigenvalue weighted by Crippen LogP contribution is 2.31. The quantitative estimate of drug-likeness (QED) is 0.781. The Labute approximate surface area is 138 Å². The second-order valence-electron chi connectivity index (χ2n) is 5.29. The third kappa shape index (κ3) is 3.61. The van der Waals surface area contributed by atoms with E-state index in [0.29, 0.717) is 26.9 Å². The molecule has 0 aliphatic carbocycles. The molecule has 1 heterocycles. The van der Waals surface area contributed by atoms with E-state index in [9.17, 15) is 9.90 Å². The number of benzene rings is 1. The summed E-state index contributed by atoms with van der Waals surface area (Å²) >= 11 is 12.1. The Bertz CT molecular complexity index is 671. The molecule has 22 heavy (non-hydrogen) atoms. The summed E-state index contributed by atoms with van der Waals surface area (Å²) in [6.45, 7) is 3.72. The number of amides is 1. The molecule has 1 aromatic heterocycles. The predicted octanol–water partition coefficient (Wildman–Crippen LogP) is 3.13. The van der Waals surface area contributed by atoms with Crippen LogP contribution in [0, 0.1) is 5.92 Å². The minimum atomic E-state index is -0.323. The molecule has 0 aliphatic heterocycles. The minimum Gasteiger partial charge on any atom is -0.394 e. The maximum Gasteiger partial charge on any atom is 0.255 e. The molecule has 0 saturated heterocycles. The van der Waals surface area contributed by atoms with Crippen molar-refractivity contribution >= 4 is 29.1 Å². The Morgan fingerprint density at radius 1 is 1.41 bits per heavy atom. The van der Waals surface area contributed by atoms with Crippen LogP contribution >= 0.6 is 23.2 Å². The van der Waals surface area contributed by atoms with Crippen molar-refractivity contribution in [3.05, 3.63) is 40.0 Å². The molecule has 0 spiro atoms. The Hall–Kier alpha value is -1.56. The average molecular weight is 342 g/mol. The normalized spacial score (nSPS) is 12.5. The van der Waals surface area contributed by atoms with Crippen LogP contribution in [0.1, 0.15) is 24.2 Å². The lowest BCUT2D eigenvalue weighted by Gasteiger charge is -2.19.